The van der Waals surface area contributed by atoms with Gasteiger partial charge in [0.25, 0.3) is 0 Å². The highest BCUT2D eigenvalue weighted by Crippen LogP contribution is 2.22. The van der Waals surface area contributed by atoms with Gasteiger partial charge in [-0.3, -0.25) is 4.79 Å². The zero-order valence-electron chi connectivity index (χ0n) is 14.8. The van der Waals surface area contributed by atoms with Crippen LogP contribution in [0.5, 0.6) is 0 Å². The van der Waals surface area contributed by atoms with Crippen molar-refractivity contribution in [3.05, 3.63) is 48.0 Å². The maximum Gasteiger partial charge on any atom is 0.220 e. The molecule has 0 aliphatic carbocycles. The number of rotatable bonds is 7. The van der Waals surface area contributed by atoms with Crippen LogP contribution < -0.4 is 10.6 Å². The minimum atomic E-state index is 0.143. The summed E-state index contributed by atoms with van der Waals surface area (Å²) >= 11 is 0. The number of nitrogens with one attached hydrogen (secondary N) is 2. The van der Waals surface area contributed by atoms with Gasteiger partial charge in [-0.05, 0) is 48.9 Å². The molecular formula is C19H27N5O. The monoisotopic (exact) mass is 341 g/mol. The third kappa shape index (κ3) is 5.39. The lowest BCUT2D eigenvalue weighted by atomic mass is 9.85. The SMILES string of the molecule is CC(CC(=O)NCc1ccc(Cn2cncn2)cc1)C1CCCNC1. The lowest BCUT2D eigenvalue weighted by Gasteiger charge is -2.28. The van der Waals surface area contributed by atoms with Crippen LogP contribution in [0, 0.1) is 11.8 Å². The summed E-state index contributed by atoms with van der Waals surface area (Å²) in [6, 6.07) is 8.25. The number of amides is 1. The van der Waals surface area contributed by atoms with E-state index in [0.29, 0.717) is 31.3 Å². The van der Waals surface area contributed by atoms with E-state index in [0.717, 1.165) is 18.7 Å². The van der Waals surface area contributed by atoms with E-state index >= 15 is 0 Å². The molecule has 0 spiro atoms. The Morgan fingerprint density at radius 3 is 2.84 bits per heavy atom. The highest BCUT2D eigenvalue weighted by Gasteiger charge is 2.21. The molecule has 1 aliphatic heterocycles. The van der Waals surface area contributed by atoms with Gasteiger partial charge < -0.3 is 10.6 Å². The third-order valence-electron chi connectivity index (χ3n) is 4.97. The maximum absolute atomic E-state index is 12.2. The minimum Gasteiger partial charge on any atom is -0.352 e. The molecular weight excluding hydrogens is 314 g/mol. The first-order valence-electron chi connectivity index (χ1n) is 9.08. The second-order valence-electron chi connectivity index (χ2n) is 6.97. The van der Waals surface area contributed by atoms with E-state index in [1.807, 2.05) is 0 Å². The summed E-state index contributed by atoms with van der Waals surface area (Å²) in [6.45, 7) is 5.64. The number of hydrogen-bond donors (Lipinski definition) is 2. The first kappa shape index (κ1) is 17.6. The molecule has 1 saturated heterocycles. The molecule has 1 aromatic heterocycles. The first-order valence-corrected chi connectivity index (χ1v) is 9.08. The zero-order chi connectivity index (χ0) is 17.5. The van der Waals surface area contributed by atoms with Crippen LogP contribution in [-0.2, 0) is 17.9 Å². The number of benzene rings is 1. The van der Waals surface area contributed by atoms with Gasteiger partial charge in [-0.15, -0.1) is 0 Å². The number of carbonyl (C=O) groups excluding carboxylic acids is 1. The van der Waals surface area contributed by atoms with Gasteiger partial charge in [0.15, 0.2) is 0 Å². The first-order chi connectivity index (χ1) is 12.2. The molecule has 1 amide bonds. The molecule has 2 aromatic rings. The van der Waals surface area contributed by atoms with E-state index in [1.165, 1.54) is 24.7 Å². The molecule has 1 aliphatic rings. The Bertz CT molecular complexity index is 647. The van der Waals surface area contributed by atoms with Gasteiger partial charge in [-0.1, -0.05) is 31.2 Å². The van der Waals surface area contributed by atoms with Gasteiger partial charge in [-0.2, -0.15) is 5.10 Å². The van der Waals surface area contributed by atoms with Crippen molar-refractivity contribution >= 4 is 5.91 Å². The van der Waals surface area contributed by atoms with Gasteiger partial charge in [0.2, 0.25) is 5.91 Å². The molecule has 1 fully saturated rings. The van der Waals surface area contributed by atoms with Crippen molar-refractivity contribution in [2.24, 2.45) is 11.8 Å². The van der Waals surface area contributed by atoms with Crippen molar-refractivity contribution in [1.29, 1.82) is 0 Å². The Morgan fingerprint density at radius 1 is 1.36 bits per heavy atom. The molecule has 6 nitrogen and oxygen atoms in total. The second-order valence-corrected chi connectivity index (χ2v) is 6.97. The number of aromatic nitrogens is 3. The molecule has 2 atom stereocenters. The molecule has 25 heavy (non-hydrogen) atoms. The van der Waals surface area contributed by atoms with Crippen molar-refractivity contribution in [2.45, 2.75) is 39.3 Å². The largest absolute Gasteiger partial charge is 0.352 e. The fourth-order valence-electron chi connectivity index (χ4n) is 3.36. The van der Waals surface area contributed by atoms with Crippen LogP contribution in [-0.4, -0.2) is 33.8 Å². The highest BCUT2D eigenvalue weighted by atomic mass is 16.1. The van der Waals surface area contributed by atoms with Crippen molar-refractivity contribution in [1.82, 2.24) is 25.4 Å². The lowest BCUT2D eigenvalue weighted by molar-refractivity contribution is -0.122. The summed E-state index contributed by atoms with van der Waals surface area (Å²) < 4.78 is 1.79. The number of carbonyl (C=O) groups is 1. The van der Waals surface area contributed by atoms with Gasteiger partial charge in [-0.25, -0.2) is 9.67 Å². The molecule has 1 aromatic carbocycles. The molecule has 0 bridgehead atoms. The summed E-state index contributed by atoms with van der Waals surface area (Å²) in [5.41, 5.74) is 2.28. The van der Waals surface area contributed by atoms with E-state index < -0.39 is 0 Å². The van der Waals surface area contributed by atoms with Crippen LogP contribution in [0.2, 0.25) is 0 Å². The van der Waals surface area contributed by atoms with E-state index in [4.69, 9.17) is 0 Å². The standard InChI is InChI=1S/C19H27N5O/c1-15(18-3-2-8-20-11-18)9-19(25)22-10-16-4-6-17(7-5-16)12-24-14-21-13-23-24/h4-7,13-15,18,20H,2-3,8-12H2,1H3,(H,22,25). The van der Waals surface area contributed by atoms with Crippen LogP contribution in [0.4, 0.5) is 0 Å². The van der Waals surface area contributed by atoms with Crippen molar-refractivity contribution < 1.29 is 4.79 Å². The van der Waals surface area contributed by atoms with Crippen molar-refractivity contribution in [2.75, 3.05) is 13.1 Å². The molecule has 6 heteroatoms. The number of nitrogens with zero attached hydrogens (tertiary/aromatic N) is 3. The smallest absolute Gasteiger partial charge is 0.220 e. The van der Waals surface area contributed by atoms with E-state index in [2.05, 4.69) is 51.9 Å². The molecule has 0 radical (unpaired) electrons. The predicted octanol–water partition coefficient (Wildman–Crippen LogP) is 1.97. The average Bonchev–Trinajstić information content (AvgIpc) is 3.15. The summed E-state index contributed by atoms with van der Waals surface area (Å²) in [4.78, 5) is 16.1. The van der Waals surface area contributed by atoms with Crippen molar-refractivity contribution in [3.63, 3.8) is 0 Å². The molecule has 0 saturated carbocycles. The predicted molar refractivity (Wildman–Crippen MR) is 96.8 cm³/mol. The van der Waals surface area contributed by atoms with Crippen LogP contribution >= 0.6 is 0 Å². The van der Waals surface area contributed by atoms with E-state index in [1.54, 1.807) is 11.0 Å². The van der Waals surface area contributed by atoms with Gasteiger partial charge in [0.05, 0.1) is 6.54 Å². The number of hydrogen-bond acceptors (Lipinski definition) is 4. The van der Waals surface area contributed by atoms with Crippen LogP contribution in [0.3, 0.4) is 0 Å². The van der Waals surface area contributed by atoms with Crippen LogP contribution in [0.25, 0.3) is 0 Å². The van der Waals surface area contributed by atoms with Gasteiger partial charge >= 0.3 is 0 Å². The highest BCUT2D eigenvalue weighted by molar-refractivity contribution is 5.76. The fourth-order valence-corrected chi connectivity index (χ4v) is 3.36. The Balaban J connectivity index is 1.42. The summed E-state index contributed by atoms with van der Waals surface area (Å²) in [7, 11) is 0. The second kappa shape index (κ2) is 8.76. The molecule has 2 heterocycles. The van der Waals surface area contributed by atoms with Gasteiger partial charge in [0, 0.05) is 13.0 Å². The van der Waals surface area contributed by atoms with Gasteiger partial charge in [0.1, 0.15) is 12.7 Å². The third-order valence-corrected chi connectivity index (χ3v) is 4.97. The molecule has 3 rings (SSSR count). The fraction of sp³-hybridized carbons (Fsp3) is 0.526. The average molecular weight is 341 g/mol. The van der Waals surface area contributed by atoms with E-state index in [-0.39, 0.29) is 5.91 Å². The Kier molecular flexibility index (Phi) is 6.17. The van der Waals surface area contributed by atoms with Crippen LogP contribution in [0.15, 0.2) is 36.9 Å². The molecule has 134 valence electrons. The lowest BCUT2D eigenvalue weighted by Crippen LogP contribution is -2.35. The topological polar surface area (TPSA) is 71.8 Å². The molecule has 2 N–H and O–H groups in total. The summed E-state index contributed by atoms with van der Waals surface area (Å²) in [5.74, 6) is 1.19. The maximum atomic E-state index is 12.2. The Morgan fingerprint density at radius 2 is 2.16 bits per heavy atom. The summed E-state index contributed by atoms with van der Waals surface area (Å²) in [5, 5.41) is 10.6. The van der Waals surface area contributed by atoms with Crippen LogP contribution in [0.1, 0.15) is 37.3 Å². The summed E-state index contributed by atoms with van der Waals surface area (Å²) in [6.07, 6.45) is 6.30. The molecule has 2 unspecified atom stereocenters. The zero-order valence-corrected chi connectivity index (χ0v) is 14.8. The number of piperidine rings is 1. The normalized spacial score (nSPS) is 18.7. The Hall–Kier alpha value is -2.21. The van der Waals surface area contributed by atoms with Crippen molar-refractivity contribution in [3.8, 4) is 0 Å². The Labute approximate surface area is 149 Å². The quantitative estimate of drug-likeness (QED) is 0.808. The minimum absolute atomic E-state index is 0.143. The van der Waals surface area contributed by atoms with E-state index in [9.17, 15) is 4.79 Å².